The average molecular weight is 474 g/mol. The van der Waals surface area contributed by atoms with Crippen molar-refractivity contribution in [3.05, 3.63) is 29.6 Å². The maximum absolute atomic E-state index is 11.5. The number of nitrogens with zero attached hydrogens (tertiary/aromatic N) is 3. The summed E-state index contributed by atoms with van der Waals surface area (Å²) in [6.45, 7) is 7.83. The van der Waals surface area contributed by atoms with Gasteiger partial charge >= 0.3 is 0 Å². The van der Waals surface area contributed by atoms with Crippen LogP contribution in [0.3, 0.4) is 0 Å². The molecule has 0 spiro atoms. The highest BCUT2D eigenvalue weighted by Gasteiger charge is 2.21. The number of amides is 1. The van der Waals surface area contributed by atoms with Gasteiger partial charge in [0.2, 0.25) is 5.91 Å². The normalized spacial score (nSPS) is 15.9. The molecule has 0 bridgehead atoms. The zero-order chi connectivity index (χ0) is 18.1. The van der Waals surface area contributed by atoms with Crippen molar-refractivity contribution in [3.63, 3.8) is 0 Å². The van der Waals surface area contributed by atoms with Crippen molar-refractivity contribution in [1.29, 1.82) is 0 Å². The number of piperidine rings is 1. The van der Waals surface area contributed by atoms with E-state index in [0.29, 0.717) is 19.1 Å². The van der Waals surface area contributed by atoms with Gasteiger partial charge in [-0.15, -0.1) is 24.0 Å². The zero-order valence-electron chi connectivity index (χ0n) is 15.9. The van der Waals surface area contributed by atoms with Crippen LogP contribution in [0.15, 0.2) is 23.3 Å². The Kier molecular flexibility index (Phi) is 10.5. The smallest absolute Gasteiger partial charge is 0.233 e. The number of aliphatic imine (C=N–C) groups is 1. The molecule has 146 valence electrons. The molecule has 3 N–H and O–H groups in total. The van der Waals surface area contributed by atoms with Gasteiger partial charge in [0.15, 0.2) is 5.96 Å². The Hall–Kier alpha value is -1.42. The predicted octanol–water partition coefficient (Wildman–Crippen LogP) is 1.27. The third kappa shape index (κ3) is 7.45. The first-order valence-electron chi connectivity index (χ1n) is 9.00. The van der Waals surface area contributed by atoms with E-state index < -0.39 is 0 Å². The largest absolute Gasteiger partial charge is 0.358 e. The van der Waals surface area contributed by atoms with Crippen molar-refractivity contribution < 1.29 is 4.79 Å². The maximum Gasteiger partial charge on any atom is 0.233 e. The summed E-state index contributed by atoms with van der Waals surface area (Å²) in [4.78, 5) is 22.7. The van der Waals surface area contributed by atoms with E-state index in [4.69, 9.17) is 0 Å². The Morgan fingerprint density at radius 3 is 2.73 bits per heavy atom. The Balaban J connectivity index is 0.00000338. The molecule has 1 aliphatic heterocycles. The van der Waals surface area contributed by atoms with Gasteiger partial charge in [-0.25, -0.2) is 4.99 Å². The number of hydrogen-bond donors (Lipinski definition) is 3. The highest BCUT2D eigenvalue weighted by Crippen LogP contribution is 2.10. The van der Waals surface area contributed by atoms with Gasteiger partial charge in [0, 0.05) is 38.9 Å². The number of rotatable bonds is 6. The van der Waals surface area contributed by atoms with Gasteiger partial charge in [0.25, 0.3) is 0 Å². The summed E-state index contributed by atoms with van der Waals surface area (Å²) in [5.41, 5.74) is 2.16. The molecule has 2 rings (SSSR count). The van der Waals surface area contributed by atoms with Crippen molar-refractivity contribution >= 4 is 35.8 Å². The van der Waals surface area contributed by atoms with E-state index in [0.717, 1.165) is 49.7 Å². The Morgan fingerprint density at radius 2 is 2.12 bits per heavy atom. The molecule has 0 saturated carbocycles. The summed E-state index contributed by atoms with van der Waals surface area (Å²) in [7, 11) is 1.68. The van der Waals surface area contributed by atoms with Gasteiger partial charge in [-0.2, -0.15) is 0 Å². The SMILES string of the molecule is CCNC(=NCc1ncccc1C)NC1CCN(CC(=O)NC)CC1.I. The van der Waals surface area contributed by atoms with E-state index in [2.05, 4.69) is 50.7 Å². The molecule has 0 aromatic carbocycles. The molecule has 26 heavy (non-hydrogen) atoms. The standard InChI is InChI=1S/C18H30N6O.HI/c1-4-20-18(22-12-16-14(2)6-5-9-21-16)23-15-7-10-24(11-8-15)13-17(25)19-3;/h5-6,9,15H,4,7-8,10-13H2,1-3H3,(H,19,25)(H2,20,22,23);1H. The second kappa shape index (κ2) is 12.1. The van der Waals surface area contributed by atoms with Crippen LogP contribution in [0, 0.1) is 6.92 Å². The molecule has 1 fully saturated rings. The van der Waals surface area contributed by atoms with Gasteiger partial charge in [0.1, 0.15) is 0 Å². The minimum absolute atomic E-state index is 0. The van der Waals surface area contributed by atoms with Crippen LogP contribution in [0.1, 0.15) is 31.0 Å². The van der Waals surface area contributed by atoms with Gasteiger partial charge < -0.3 is 16.0 Å². The molecule has 0 atom stereocenters. The summed E-state index contributed by atoms with van der Waals surface area (Å²) in [6.07, 6.45) is 3.81. The van der Waals surface area contributed by atoms with Crippen LogP contribution in [-0.4, -0.2) is 61.0 Å². The van der Waals surface area contributed by atoms with Crippen molar-refractivity contribution in [2.24, 2.45) is 4.99 Å². The topological polar surface area (TPSA) is 81.7 Å². The fraction of sp³-hybridized carbons (Fsp3) is 0.611. The summed E-state index contributed by atoms with van der Waals surface area (Å²) < 4.78 is 0. The average Bonchev–Trinajstić information content (AvgIpc) is 2.62. The summed E-state index contributed by atoms with van der Waals surface area (Å²) in [5.74, 6) is 0.907. The lowest BCUT2D eigenvalue weighted by atomic mass is 10.1. The molecule has 1 saturated heterocycles. The summed E-state index contributed by atoms with van der Waals surface area (Å²) in [6, 6.07) is 4.38. The van der Waals surface area contributed by atoms with E-state index in [-0.39, 0.29) is 29.9 Å². The van der Waals surface area contributed by atoms with Crippen LogP contribution in [0.4, 0.5) is 0 Å². The quantitative estimate of drug-likeness (QED) is 0.329. The van der Waals surface area contributed by atoms with E-state index >= 15 is 0 Å². The molecule has 7 nitrogen and oxygen atoms in total. The molecular formula is C18H31IN6O. The number of likely N-dealkylation sites (N-methyl/N-ethyl adjacent to an activating group) is 1. The molecule has 0 aliphatic carbocycles. The fourth-order valence-electron chi connectivity index (χ4n) is 2.87. The van der Waals surface area contributed by atoms with E-state index in [9.17, 15) is 4.79 Å². The van der Waals surface area contributed by atoms with Crippen LogP contribution >= 0.6 is 24.0 Å². The number of nitrogens with one attached hydrogen (secondary N) is 3. The number of likely N-dealkylation sites (tertiary alicyclic amines) is 1. The third-order valence-electron chi connectivity index (χ3n) is 4.42. The minimum Gasteiger partial charge on any atom is -0.358 e. The van der Waals surface area contributed by atoms with Crippen LogP contribution in [-0.2, 0) is 11.3 Å². The number of carbonyl (C=O) groups is 1. The minimum atomic E-state index is 0. The molecule has 0 unspecified atom stereocenters. The molecule has 1 amide bonds. The van der Waals surface area contributed by atoms with Gasteiger partial charge in [-0.3, -0.25) is 14.7 Å². The number of pyridine rings is 1. The van der Waals surface area contributed by atoms with Gasteiger partial charge in [-0.1, -0.05) is 6.07 Å². The predicted molar refractivity (Wildman–Crippen MR) is 116 cm³/mol. The molecule has 8 heteroatoms. The number of halogens is 1. The second-order valence-corrected chi connectivity index (χ2v) is 6.33. The second-order valence-electron chi connectivity index (χ2n) is 6.33. The molecule has 1 aromatic heterocycles. The van der Waals surface area contributed by atoms with Crippen molar-refractivity contribution in [2.75, 3.05) is 33.2 Å². The van der Waals surface area contributed by atoms with Gasteiger partial charge in [0.05, 0.1) is 18.8 Å². The molecular weight excluding hydrogens is 443 g/mol. The third-order valence-corrected chi connectivity index (χ3v) is 4.42. The van der Waals surface area contributed by atoms with Crippen molar-refractivity contribution in [3.8, 4) is 0 Å². The maximum atomic E-state index is 11.5. The lowest BCUT2D eigenvalue weighted by Gasteiger charge is -2.32. The molecule has 1 aromatic rings. The van der Waals surface area contributed by atoms with E-state index in [1.54, 1.807) is 13.2 Å². The summed E-state index contributed by atoms with van der Waals surface area (Å²) >= 11 is 0. The Bertz CT molecular complexity index is 587. The van der Waals surface area contributed by atoms with Crippen molar-refractivity contribution in [2.45, 2.75) is 39.3 Å². The lowest BCUT2D eigenvalue weighted by molar-refractivity contribution is -0.122. The van der Waals surface area contributed by atoms with Gasteiger partial charge in [-0.05, 0) is 38.3 Å². The van der Waals surface area contributed by atoms with Crippen LogP contribution in [0.5, 0.6) is 0 Å². The first-order valence-corrected chi connectivity index (χ1v) is 9.00. The van der Waals surface area contributed by atoms with E-state index in [1.165, 1.54) is 0 Å². The van der Waals surface area contributed by atoms with Crippen LogP contribution < -0.4 is 16.0 Å². The number of guanidine groups is 1. The number of carbonyl (C=O) groups excluding carboxylic acids is 1. The number of aryl methyl sites for hydroxylation is 1. The first kappa shape index (κ1) is 22.6. The first-order chi connectivity index (χ1) is 12.1. The number of aromatic nitrogens is 1. The van der Waals surface area contributed by atoms with Crippen LogP contribution in [0.25, 0.3) is 0 Å². The Labute approximate surface area is 173 Å². The monoisotopic (exact) mass is 474 g/mol. The fourth-order valence-corrected chi connectivity index (χ4v) is 2.87. The number of hydrogen-bond acceptors (Lipinski definition) is 4. The molecule has 2 heterocycles. The highest BCUT2D eigenvalue weighted by atomic mass is 127. The molecule has 1 aliphatic rings. The van der Waals surface area contributed by atoms with E-state index in [1.807, 2.05) is 6.07 Å². The molecule has 0 radical (unpaired) electrons. The van der Waals surface area contributed by atoms with Crippen molar-refractivity contribution in [1.82, 2.24) is 25.8 Å². The highest BCUT2D eigenvalue weighted by molar-refractivity contribution is 14.0. The zero-order valence-corrected chi connectivity index (χ0v) is 18.2. The van der Waals surface area contributed by atoms with Crippen LogP contribution in [0.2, 0.25) is 0 Å². The lowest BCUT2D eigenvalue weighted by Crippen LogP contribution is -2.50. The Morgan fingerprint density at radius 1 is 1.38 bits per heavy atom. The summed E-state index contributed by atoms with van der Waals surface area (Å²) in [5, 5.41) is 9.50.